The smallest absolute Gasteiger partial charge is 0.410 e. The van der Waals surface area contributed by atoms with Crippen LogP contribution in [0.2, 0.25) is 0 Å². The number of piperidine rings is 1. The Balaban J connectivity index is 1.93. The predicted octanol–water partition coefficient (Wildman–Crippen LogP) is 3.79. The maximum absolute atomic E-state index is 13.7. The van der Waals surface area contributed by atoms with Gasteiger partial charge >= 0.3 is 12.7 Å². The van der Waals surface area contributed by atoms with Gasteiger partial charge in [0, 0.05) is 13.0 Å². The van der Waals surface area contributed by atoms with Gasteiger partial charge in [0.05, 0.1) is 12.6 Å². The Morgan fingerprint density at radius 1 is 1.18 bits per heavy atom. The van der Waals surface area contributed by atoms with Gasteiger partial charge in [-0.15, -0.1) is 0 Å². The van der Waals surface area contributed by atoms with E-state index >= 15 is 0 Å². The first-order valence-corrected chi connectivity index (χ1v) is 7.65. The standard InChI is InChI=1S/C14H21F4NO3/c15-12(16)21-9-10-5-2-4-8-19(10)13(20)22-11-6-1-3-7-14(11,17)18/h10-12H,1-9H2. The summed E-state index contributed by atoms with van der Waals surface area (Å²) in [7, 11) is 0. The normalized spacial score (nSPS) is 28.7. The molecule has 1 heterocycles. The van der Waals surface area contributed by atoms with Gasteiger partial charge in [0.25, 0.3) is 5.92 Å². The molecule has 1 amide bonds. The van der Waals surface area contributed by atoms with Crippen LogP contribution in [0.4, 0.5) is 22.4 Å². The van der Waals surface area contributed by atoms with E-state index in [1.54, 1.807) is 0 Å². The molecule has 0 aromatic rings. The fourth-order valence-corrected chi connectivity index (χ4v) is 3.00. The van der Waals surface area contributed by atoms with E-state index in [0.29, 0.717) is 32.2 Å². The van der Waals surface area contributed by atoms with Gasteiger partial charge in [0.2, 0.25) is 0 Å². The Kier molecular flexibility index (Phi) is 5.88. The fraction of sp³-hybridized carbons (Fsp3) is 0.929. The number of carbonyl (C=O) groups excluding carboxylic acids is 1. The second-order valence-electron chi connectivity index (χ2n) is 5.82. The lowest BCUT2D eigenvalue weighted by atomic mass is 9.94. The highest BCUT2D eigenvalue weighted by atomic mass is 19.3. The Morgan fingerprint density at radius 2 is 1.91 bits per heavy atom. The van der Waals surface area contributed by atoms with Crippen LogP contribution in [0, 0.1) is 0 Å². The molecule has 0 N–H and O–H groups in total. The summed E-state index contributed by atoms with van der Waals surface area (Å²) in [5, 5.41) is 0. The van der Waals surface area contributed by atoms with Gasteiger partial charge in [-0.05, 0) is 38.5 Å². The van der Waals surface area contributed by atoms with E-state index < -0.39 is 30.8 Å². The Bertz CT molecular complexity index is 381. The summed E-state index contributed by atoms with van der Waals surface area (Å²) in [6.07, 6.45) is 0.543. The van der Waals surface area contributed by atoms with Crippen molar-refractivity contribution in [2.75, 3.05) is 13.2 Å². The van der Waals surface area contributed by atoms with Crippen molar-refractivity contribution in [3.05, 3.63) is 0 Å². The third kappa shape index (κ3) is 4.47. The molecular weight excluding hydrogens is 306 g/mol. The first-order chi connectivity index (χ1) is 10.4. The number of halogens is 4. The van der Waals surface area contributed by atoms with Crippen molar-refractivity contribution in [3.63, 3.8) is 0 Å². The number of rotatable bonds is 4. The lowest BCUT2D eigenvalue weighted by Crippen LogP contribution is -2.50. The molecule has 2 atom stereocenters. The minimum atomic E-state index is -3.02. The van der Waals surface area contributed by atoms with Crippen LogP contribution in [0.1, 0.15) is 44.9 Å². The molecule has 8 heteroatoms. The highest BCUT2D eigenvalue weighted by Crippen LogP contribution is 2.36. The molecule has 2 aliphatic rings. The van der Waals surface area contributed by atoms with Crippen molar-refractivity contribution in [1.29, 1.82) is 0 Å². The van der Waals surface area contributed by atoms with Crippen LogP contribution in [-0.4, -0.2) is 48.8 Å². The Labute approximate surface area is 126 Å². The third-order valence-corrected chi connectivity index (χ3v) is 4.22. The highest BCUT2D eigenvalue weighted by Gasteiger charge is 2.45. The average Bonchev–Trinajstić information content (AvgIpc) is 2.47. The van der Waals surface area contributed by atoms with Gasteiger partial charge in [-0.25, -0.2) is 13.6 Å². The molecule has 128 valence electrons. The molecule has 2 fully saturated rings. The van der Waals surface area contributed by atoms with Crippen LogP contribution in [0.25, 0.3) is 0 Å². The maximum Gasteiger partial charge on any atom is 0.410 e. The van der Waals surface area contributed by atoms with E-state index in [1.165, 1.54) is 4.90 Å². The number of hydrogen-bond donors (Lipinski definition) is 0. The van der Waals surface area contributed by atoms with Crippen LogP contribution in [0.15, 0.2) is 0 Å². The number of hydrogen-bond acceptors (Lipinski definition) is 3. The summed E-state index contributed by atoms with van der Waals surface area (Å²) in [5.41, 5.74) is 0. The van der Waals surface area contributed by atoms with Gasteiger partial charge in [0.15, 0.2) is 6.10 Å². The van der Waals surface area contributed by atoms with Crippen molar-refractivity contribution < 1.29 is 31.8 Å². The largest absolute Gasteiger partial charge is 0.440 e. The minimum absolute atomic E-state index is 0.130. The number of carbonyl (C=O) groups is 1. The van der Waals surface area contributed by atoms with E-state index in [1.807, 2.05) is 0 Å². The monoisotopic (exact) mass is 327 g/mol. The second kappa shape index (κ2) is 7.48. The van der Waals surface area contributed by atoms with Gasteiger partial charge in [-0.3, -0.25) is 0 Å². The van der Waals surface area contributed by atoms with Gasteiger partial charge < -0.3 is 14.4 Å². The van der Waals surface area contributed by atoms with Crippen molar-refractivity contribution in [1.82, 2.24) is 4.90 Å². The van der Waals surface area contributed by atoms with Crippen molar-refractivity contribution in [3.8, 4) is 0 Å². The third-order valence-electron chi connectivity index (χ3n) is 4.22. The summed E-state index contributed by atoms with van der Waals surface area (Å²) in [4.78, 5) is 13.4. The van der Waals surface area contributed by atoms with Crippen molar-refractivity contribution in [2.24, 2.45) is 0 Å². The van der Waals surface area contributed by atoms with E-state index in [9.17, 15) is 22.4 Å². The molecule has 0 aromatic carbocycles. The zero-order chi connectivity index (χ0) is 16.2. The molecule has 1 aliphatic carbocycles. The topological polar surface area (TPSA) is 38.8 Å². The van der Waals surface area contributed by atoms with E-state index in [0.717, 1.165) is 6.42 Å². The number of ether oxygens (including phenoxy) is 2. The predicted molar refractivity (Wildman–Crippen MR) is 70.0 cm³/mol. The average molecular weight is 327 g/mol. The summed E-state index contributed by atoms with van der Waals surface area (Å²) in [6.45, 7) is -2.91. The maximum atomic E-state index is 13.7. The molecule has 4 nitrogen and oxygen atoms in total. The van der Waals surface area contributed by atoms with Crippen LogP contribution in [0.5, 0.6) is 0 Å². The van der Waals surface area contributed by atoms with Gasteiger partial charge in [0.1, 0.15) is 0 Å². The number of alkyl halides is 4. The number of likely N-dealkylation sites (tertiary alicyclic amines) is 1. The van der Waals surface area contributed by atoms with Crippen molar-refractivity contribution >= 4 is 6.09 Å². The summed E-state index contributed by atoms with van der Waals surface area (Å²) in [5.74, 6) is -3.02. The molecule has 1 saturated carbocycles. The minimum Gasteiger partial charge on any atom is -0.440 e. The molecule has 2 rings (SSSR count). The first kappa shape index (κ1) is 17.3. The molecular formula is C14H21F4NO3. The van der Waals surface area contributed by atoms with Crippen LogP contribution in [0.3, 0.4) is 0 Å². The fourth-order valence-electron chi connectivity index (χ4n) is 3.00. The quantitative estimate of drug-likeness (QED) is 0.737. The lowest BCUT2D eigenvalue weighted by molar-refractivity contribution is -0.151. The lowest BCUT2D eigenvalue weighted by Gasteiger charge is -2.37. The summed E-state index contributed by atoms with van der Waals surface area (Å²) in [6, 6.07) is -0.549. The van der Waals surface area contributed by atoms with E-state index in [-0.39, 0.29) is 19.4 Å². The van der Waals surface area contributed by atoms with E-state index in [2.05, 4.69) is 4.74 Å². The van der Waals surface area contributed by atoms with Crippen molar-refractivity contribution in [2.45, 2.75) is 69.6 Å². The number of nitrogens with zero attached hydrogens (tertiary/aromatic N) is 1. The summed E-state index contributed by atoms with van der Waals surface area (Å²) < 4.78 is 61.0. The first-order valence-electron chi connectivity index (χ1n) is 7.65. The second-order valence-corrected chi connectivity index (χ2v) is 5.82. The molecule has 22 heavy (non-hydrogen) atoms. The molecule has 1 saturated heterocycles. The van der Waals surface area contributed by atoms with E-state index in [4.69, 9.17) is 4.74 Å². The SMILES string of the molecule is O=C(OC1CCCCC1(F)F)N1CCCCC1COC(F)F. The van der Waals surface area contributed by atoms with Gasteiger partial charge in [-0.2, -0.15) is 8.78 Å². The molecule has 1 aliphatic heterocycles. The molecule has 0 spiro atoms. The molecule has 2 unspecified atom stereocenters. The van der Waals surface area contributed by atoms with Crippen LogP contribution >= 0.6 is 0 Å². The Hall–Kier alpha value is -1.05. The molecule has 0 radical (unpaired) electrons. The highest BCUT2D eigenvalue weighted by molar-refractivity contribution is 5.68. The number of amides is 1. The molecule has 0 bridgehead atoms. The summed E-state index contributed by atoms with van der Waals surface area (Å²) >= 11 is 0. The zero-order valence-corrected chi connectivity index (χ0v) is 12.3. The van der Waals surface area contributed by atoms with Crippen LogP contribution in [-0.2, 0) is 9.47 Å². The Morgan fingerprint density at radius 3 is 2.59 bits per heavy atom. The molecule has 0 aromatic heterocycles. The van der Waals surface area contributed by atoms with Crippen LogP contribution < -0.4 is 0 Å². The van der Waals surface area contributed by atoms with Gasteiger partial charge in [-0.1, -0.05) is 0 Å². The zero-order valence-electron chi connectivity index (χ0n) is 12.3.